The highest BCUT2D eigenvalue weighted by Crippen LogP contribution is 2.48. The Bertz CT molecular complexity index is 224. The second kappa shape index (κ2) is 3.21. The Balaban J connectivity index is 2.01. The quantitative estimate of drug-likeness (QED) is 0.732. The van der Waals surface area contributed by atoms with Crippen molar-refractivity contribution in [1.29, 1.82) is 0 Å². The zero-order chi connectivity index (χ0) is 10.4. The van der Waals surface area contributed by atoms with Crippen LogP contribution in [-0.4, -0.2) is 29.6 Å². The SMILES string of the molecule is CCC(C)(C)N1CCC2(CCC2N)C1. The number of hydrogen-bond donors (Lipinski definition) is 1. The van der Waals surface area contributed by atoms with E-state index < -0.39 is 0 Å². The molecule has 0 amide bonds. The molecule has 2 fully saturated rings. The molecule has 2 heteroatoms. The average molecular weight is 196 g/mol. The minimum absolute atomic E-state index is 0.374. The molecule has 82 valence electrons. The van der Waals surface area contributed by atoms with Crippen LogP contribution in [0.5, 0.6) is 0 Å². The first kappa shape index (κ1) is 10.4. The number of rotatable bonds is 2. The molecule has 2 atom stereocenters. The standard InChI is InChI=1S/C12H24N2/c1-4-11(2,3)14-8-7-12(9-14)6-5-10(12)13/h10H,4-9,13H2,1-3H3. The molecule has 1 saturated heterocycles. The normalized spacial score (nSPS) is 39.0. The molecule has 2 N–H and O–H groups in total. The highest BCUT2D eigenvalue weighted by Gasteiger charge is 2.50. The van der Waals surface area contributed by atoms with E-state index >= 15 is 0 Å². The van der Waals surface area contributed by atoms with Crippen LogP contribution < -0.4 is 5.73 Å². The predicted molar refractivity (Wildman–Crippen MR) is 60.2 cm³/mol. The van der Waals surface area contributed by atoms with E-state index in [1.54, 1.807) is 0 Å². The first-order valence-corrected chi connectivity index (χ1v) is 6.01. The van der Waals surface area contributed by atoms with Gasteiger partial charge in [-0.1, -0.05) is 6.92 Å². The molecule has 0 aromatic rings. The lowest BCUT2D eigenvalue weighted by atomic mass is 9.64. The van der Waals surface area contributed by atoms with Gasteiger partial charge in [-0.3, -0.25) is 4.90 Å². The van der Waals surface area contributed by atoms with E-state index in [1.165, 1.54) is 38.8 Å². The van der Waals surface area contributed by atoms with Crippen LogP contribution in [0.2, 0.25) is 0 Å². The summed E-state index contributed by atoms with van der Waals surface area (Å²) in [5.41, 5.74) is 7.02. The molecule has 0 radical (unpaired) electrons. The van der Waals surface area contributed by atoms with Gasteiger partial charge in [-0.15, -0.1) is 0 Å². The average Bonchev–Trinajstić information content (AvgIpc) is 2.63. The molecule has 2 rings (SSSR count). The Morgan fingerprint density at radius 3 is 2.50 bits per heavy atom. The van der Waals surface area contributed by atoms with Crippen LogP contribution >= 0.6 is 0 Å². The Labute approximate surface area is 87.8 Å². The second-order valence-electron chi connectivity index (χ2n) is 5.85. The highest BCUT2D eigenvalue weighted by atomic mass is 15.2. The molecule has 1 saturated carbocycles. The van der Waals surface area contributed by atoms with Crippen molar-refractivity contribution in [2.24, 2.45) is 11.1 Å². The molecule has 1 aliphatic heterocycles. The summed E-state index contributed by atoms with van der Waals surface area (Å²) in [6, 6.07) is 0.486. The van der Waals surface area contributed by atoms with Gasteiger partial charge < -0.3 is 5.73 Å². The predicted octanol–water partition coefficient (Wildman–Crippen LogP) is 1.99. The van der Waals surface area contributed by atoms with Crippen LogP contribution in [0.15, 0.2) is 0 Å². The molecule has 1 spiro atoms. The Kier molecular flexibility index (Phi) is 2.39. The summed E-state index contributed by atoms with van der Waals surface area (Å²) in [7, 11) is 0. The van der Waals surface area contributed by atoms with E-state index in [1.807, 2.05) is 0 Å². The highest BCUT2D eigenvalue weighted by molar-refractivity contribution is 5.06. The Morgan fingerprint density at radius 2 is 2.14 bits per heavy atom. The van der Waals surface area contributed by atoms with Gasteiger partial charge in [0.2, 0.25) is 0 Å². The van der Waals surface area contributed by atoms with Crippen molar-refractivity contribution in [2.75, 3.05) is 13.1 Å². The lowest BCUT2D eigenvalue weighted by molar-refractivity contribution is 0.0693. The van der Waals surface area contributed by atoms with Crippen molar-refractivity contribution >= 4 is 0 Å². The third kappa shape index (κ3) is 1.40. The fourth-order valence-electron chi connectivity index (χ4n) is 2.86. The first-order valence-electron chi connectivity index (χ1n) is 6.01. The van der Waals surface area contributed by atoms with E-state index in [4.69, 9.17) is 5.73 Å². The summed E-state index contributed by atoms with van der Waals surface area (Å²) in [5.74, 6) is 0. The van der Waals surface area contributed by atoms with Crippen molar-refractivity contribution in [3.8, 4) is 0 Å². The fraction of sp³-hybridized carbons (Fsp3) is 1.00. The van der Waals surface area contributed by atoms with E-state index in [2.05, 4.69) is 25.7 Å². The number of nitrogens with zero attached hydrogens (tertiary/aromatic N) is 1. The van der Waals surface area contributed by atoms with Gasteiger partial charge in [-0.25, -0.2) is 0 Å². The Morgan fingerprint density at radius 1 is 1.43 bits per heavy atom. The summed E-state index contributed by atoms with van der Waals surface area (Å²) in [6.07, 6.45) is 5.18. The lowest BCUT2D eigenvalue weighted by Crippen LogP contribution is -2.53. The van der Waals surface area contributed by atoms with Crippen LogP contribution in [0.25, 0.3) is 0 Å². The van der Waals surface area contributed by atoms with E-state index in [9.17, 15) is 0 Å². The van der Waals surface area contributed by atoms with Crippen LogP contribution in [0.3, 0.4) is 0 Å². The maximum atomic E-state index is 6.14. The van der Waals surface area contributed by atoms with Crippen LogP contribution in [0, 0.1) is 5.41 Å². The van der Waals surface area contributed by atoms with Crippen LogP contribution in [0.1, 0.15) is 46.5 Å². The Hall–Kier alpha value is -0.0800. The van der Waals surface area contributed by atoms with Crippen LogP contribution in [0.4, 0.5) is 0 Å². The molecule has 0 aromatic heterocycles. The largest absolute Gasteiger partial charge is 0.327 e. The summed E-state index contributed by atoms with van der Waals surface area (Å²) >= 11 is 0. The number of nitrogens with two attached hydrogens (primary N) is 1. The molecule has 0 bridgehead atoms. The second-order valence-corrected chi connectivity index (χ2v) is 5.85. The maximum absolute atomic E-state index is 6.14. The van der Waals surface area contributed by atoms with Crippen molar-refractivity contribution in [1.82, 2.24) is 4.90 Å². The molecule has 2 aliphatic rings. The van der Waals surface area contributed by atoms with Gasteiger partial charge in [-0.05, 0) is 51.5 Å². The fourth-order valence-corrected chi connectivity index (χ4v) is 2.86. The van der Waals surface area contributed by atoms with Crippen LogP contribution in [-0.2, 0) is 0 Å². The van der Waals surface area contributed by atoms with Crippen molar-refractivity contribution in [3.05, 3.63) is 0 Å². The monoisotopic (exact) mass is 196 g/mol. The molecule has 0 aromatic carbocycles. The van der Waals surface area contributed by atoms with Gasteiger partial charge in [-0.2, -0.15) is 0 Å². The van der Waals surface area contributed by atoms with Gasteiger partial charge in [0, 0.05) is 18.1 Å². The van der Waals surface area contributed by atoms with E-state index in [0.717, 1.165) is 0 Å². The summed E-state index contributed by atoms with van der Waals surface area (Å²) < 4.78 is 0. The van der Waals surface area contributed by atoms with Gasteiger partial charge in [0.25, 0.3) is 0 Å². The van der Waals surface area contributed by atoms with Gasteiger partial charge in [0.1, 0.15) is 0 Å². The molecule has 1 aliphatic carbocycles. The molecule has 2 unspecified atom stereocenters. The minimum atomic E-state index is 0.374. The zero-order valence-electron chi connectivity index (χ0n) is 9.84. The molecular formula is C12H24N2. The minimum Gasteiger partial charge on any atom is -0.327 e. The summed E-state index contributed by atoms with van der Waals surface area (Å²) in [4.78, 5) is 2.64. The zero-order valence-corrected chi connectivity index (χ0v) is 9.84. The third-order valence-electron chi connectivity index (χ3n) is 4.85. The van der Waals surface area contributed by atoms with E-state index in [0.29, 0.717) is 17.0 Å². The maximum Gasteiger partial charge on any atom is 0.0150 e. The topological polar surface area (TPSA) is 29.3 Å². The third-order valence-corrected chi connectivity index (χ3v) is 4.85. The molecule has 1 heterocycles. The number of likely N-dealkylation sites (tertiary alicyclic amines) is 1. The van der Waals surface area contributed by atoms with Gasteiger partial charge >= 0.3 is 0 Å². The van der Waals surface area contributed by atoms with Crippen molar-refractivity contribution in [2.45, 2.75) is 58.0 Å². The van der Waals surface area contributed by atoms with Crippen molar-refractivity contribution in [3.63, 3.8) is 0 Å². The van der Waals surface area contributed by atoms with Crippen molar-refractivity contribution < 1.29 is 0 Å². The lowest BCUT2D eigenvalue weighted by Gasteiger charge is -2.46. The molecule has 2 nitrogen and oxygen atoms in total. The summed E-state index contributed by atoms with van der Waals surface area (Å²) in [5, 5.41) is 0. The molecule has 14 heavy (non-hydrogen) atoms. The number of hydrogen-bond acceptors (Lipinski definition) is 2. The van der Waals surface area contributed by atoms with Gasteiger partial charge in [0.15, 0.2) is 0 Å². The smallest absolute Gasteiger partial charge is 0.0150 e. The first-order chi connectivity index (χ1) is 6.50. The van der Waals surface area contributed by atoms with Gasteiger partial charge in [0.05, 0.1) is 0 Å². The molecular weight excluding hydrogens is 172 g/mol. The van der Waals surface area contributed by atoms with E-state index in [-0.39, 0.29) is 0 Å². The summed E-state index contributed by atoms with van der Waals surface area (Å²) in [6.45, 7) is 9.50.